The van der Waals surface area contributed by atoms with E-state index in [1.165, 1.54) is 4.90 Å². The van der Waals surface area contributed by atoms with Crippen molar-refractivity contribution in [1.29, 1.82) is 0 Å². The van der Waals surface area contributed by atoms with Gasteiger partial charge in [-0.1, -0.05) is 25.1 Å². The standard InChI is InChI=1S/C22H29N5O3/c1-2-26-10-5-6-16(26)14-24-20(28)12-19-21(29)27(22(30)25-19)11-9-15-13-23-18-8-4-3-7-17(15)18/h3-4,7-8,13,16,19,23H,2,5-6,9-12,14H2,1H3,(H,24,28)(H,25,30)/t16-,19+/m0/s1. The maximum Gasteiger partial charge on any atom is 0.324 e. The molecular formula is C22H29N5O3. The lowest BCUT2D eigenvalue weighted by Crippen LogP contribution is -2.42. The number of carbonyl (C=O) groups is 3. The number of rotatable bonds is 8. The number of para-hydroxylation sites is 1. The number of imide groups is 1. The van der Waals surface area contributed by atoms with Crippen LogP contribution in [0.15, 0.2) is 30.5 Å². The summed E-state index contributed by atoms with van der Waals surface area (Å²) in [6, 6.07) is 7.09. The van der Waals surface area contributed by atoms with E-state index in [-0.39, 0.29) is 24.8 Å². The van der Waals surface area contributed by atoms with Gasteiger partial charge in [0.25, 0.3) is 5.91 Å². The number of fused-ring (bicyclic) bond motifs is 1. The fourth-order valence-corrected chi connectivity index (χ4v) is 4.53. The molecule has 0 spiro atoms. The summed E-state index contributed by atoms with van der Waals surface area (Å²) in [4.78, 5) is 44.1. The first-order chi connectivity index (χ1) is 14.6. The van der Waals surface area contributed by atoms with Crippen LogP contribution in [0.4, 0.5) is 4.79 Å². The van der Waals surface area contributed by atoms with Crippen molar-refractivity contribution in [3.8, 4) is 0 Å². The molecule has 0 radical (unpaired) electrons. The zero-order valence-electron chi connectivity index (χ0n) is 17.3. The van der Waals surface area contributed by atoms with Gasteiger partial charge in [0.2, 0.25) is 5.91 Å². The molecule has 160 valence electrons. The highest BCUT2D eigenvalue weighted by Crippen LogP contribution is 2.20. The summed E-state index contributed by atoms with van der Waals surface area (Å²) in [7, 11) is 0. The van der Waals surface area contributed by atoms with Crippen molar-refractivity contribution < 1.29 is 14.4 Å². The lowest BCUT2D eigenvalue weighted by molar-refractivity contribution is -0.130. The van der Waals surface area contributed by atoms with Crippen LogP contribution in [0, 0.1) is 0 Å². The van der Waals surface area contributed by atoms with E-state index in [1.54, 1.807) is 0 Å². The highest BCUT2D eigenvalue weighted by molar-refractivity contribution is 6.05. The van der Waals surface area contributed by atoms with E-state index >= 15 is 0 Å². The molecule has 8 heteroatoms. The Morgan fingerprint density at radius 3 is 2.93 bits per heavy atom. The minimum Gasteiger partial charge on any atom is -0.361 e. The first-order valence-electron chi connectivity index (χ1n) is 10.7. The van der Waals surface area contributed by atoms with Crippen molar-refractivity contribution in [2.45, 2.75) is 44.7 Å². The molecule has 1 aromatic heterocycles. The third-order valence-corrected chi connectivity index (χ3v) is 6.22. The molecule has 8 nitrogen and oxygen atoms in total. The van der Waals surface area contributed by atoms with Crippen LogP contribution in [-0.4, -0.2) is 70.9 Å². The monoisotopic (exact) mass is 411 g/mol. The Labute approximate surface area is 176 Å². The Kier molecular flexibility index (Phi) is 6.03. The second kappa shape index (κ2) is 8.87. The summed E-state index contributed by atoms with van der Waals surface area (Å²) >= 11 is 0. The topological polar surface area (TPSA) is 97.5 Å². The van der Waals surface area contributed by atoms with Crippen LogP contribution < -0.4 is 10.6 Å². The molecule has 3 heterocycles. The highest BCUT2D eigenvalue weighted by atomic mass is 16.2. The molecule has 30 heavy (non-hydrogen) atoms. The number of hydrogen-bond donors (Lipinski definition) is 3. The van der Waals surface area contributed by atoms with Crippen molar-refractivity contribution >= 4 is 28.7 Å². The molecular weight excluding hydrogens is 382 g/mol. The summed E-state index contributed by atoms with van der Waals surface area (Å²) in [5.41, 5.74) is 2.09. The number of urea groups is 1. The number of nitrogens with zero attached hydrogens (tertiary/aromatic N) is 2. The number of nitrogens with one attached hydrogen (secondary N) is 3. The van der Waals surface area contributed by atoms with Crippen LogP contribution in [0.2, 0.25) is 0 Å². The molecule has 2 aromatic rings. The van der Waals surface area contributed by atoms with Crippen molar-refractivity contribution in [3.63, 3.8) is 0 Å². The van der Waals surface area contributed by atoms with Crippen LogP contribution in [0.25, 0.3) is 10.9 Å². The molecule has 2 saturated heterocycles. The second-order valence-electron chi connectivity index (χ2n) is 8.03. The average molecular weight is 412 g/mol. The second-order valence-corrected chi connectivity index (χ2v) is 8.03. The maximum absolute atomic E-state index is 12.7. The number of H-pyrrole nitrogens is 1. The Hall–Kier alpha value is -2.87. The van der Waals surface area contributed by atoms with Crippen LogP contribution in [0.5, 0.6) is 0 Å². The van der Waals surface area contributed by atoms with Crippen LogP contribution in [0.1, 0.15) is 31.7 Å². The van der Waals surface area contributed by atoms with Gasteiger partial charge >= 0.3 is 6.03 Å². The summed E-state index contributed by atoms with van der Waals surface area (Å²) in [5, 5.41) is 6.68. The van der Waals surface area contributed by atoms with Gasteiger partial charge in [0.1, 0.15) is 6.04 Å². The van der Waals surface area contributed by atoms with Gasteiger partial charge in [0.05, 0.1) is 6.42 Å². The first-order valence-corrected chi connectivity index (χ1v) is 10.7. The van der Waals surface area contributed by atoms with E-state index in [0.717, 1.165) is 42.4 Å². The zero-order chi connectivity index (χ0) is 21.1. The molecule has 1 aromatic carbocycles. The van der Waals surface area contributed by atoms with Gasteiger partial charge in [0.15, 0.2) is 0 Å². The number of amides is 4. The predicted octanol–water partition coefficient (Wildman–Crippen LogP) is 1.62. The van der Waals surface area contributed by atoms with E-state index in [4.69, 9.17) is 0 Å². The van der Waals surface area contributed by atoms with E-state index in [2.05, 4.69) is 27.4 Å². The lowest BCUT2D eigenvalue weighted by atomic mass is 10.1. The van der Waals surface area contributed by atoms with Crippen LogP contribution in [0.3, 0.4) is 0 Å². The number of benzene rings is 1. The molecule has 3 N–H and O–H groups in total. The number of carbonyl (C=O) groups excluding carboxylic acids is 3. The van der Waals surface area contributed by atoms with Crippen molar-refractivity contribution in [1.82, 2.24) is 25.4 Å². The molecule has 2 aliphatic heterocycles. The van der Waals surface area contributed by atoms with Gasteiger partial charge in [-0.05, 0) is 44.0 Å². The van der Waals surface area contributed by atoms with Crippen LogP contribution >= 0.6 is 0 Å². The summed E-state index contributed by atoms with van der Waals surface area (Å²) in [6.07, 6.45) is 4.69. The van der Waals surface area contributed by atoms with E-state index in [1.807, 2.05) is 30.5 Å². The number of aromatic nitrogens is 1. The van der Waals surface area contributed by atoms with E-state index in [9.17, 15) is 14.4 Å². The van der Waals surface area contributed by atoms with Gasteiger partial charge in [0, 0.05) is 36.2 Å². The Morgan fingerprint density at radius 2 is 2.10 bits per heavy atom. The fraction of sp³-hybridized carbons (Fsp3) is 0.500. The molecule has 2 aliphatic rings. The highest BCUT2D eigenvalue weighted by Gasteiger charge is 2.38. The van der Waals surface area contributed by atoms with Crippen LogP contribution in [-0.2, 0) is 16.0 Å². The first kappa shape index (κ1) is 20.4. The third kappa shape index (κ3) is 4.18. The zero-order valence-corrected chi connectivity index (χ0v) is 17.3. The third-order valence-electron chi connectivity index (χ3n) is 6.22. The Bertz CT molecular complexity index is 940. The van der Waals surface area contributed by atoms with Crippen molar-refractivity contribution in [2.75, 3.05) is 26.2 Å². The number of hydrogen-bond acceptors (Lipinski definition) is 4. The molecule has 4 amide bonds. The van der Waals surface area contributed by atoms with Gasteiger partial charge in [-0.3, -0.25) is 19.4 Å². The normalized spacial score (nSPS) is 22.1. The summed E-state index contributed by atoms with van der Waals surface area (Å²) in [6.45, 7) is 5.05. The minimum atomic E-state index is -0.786. The van der Waals surface area contributed by atoms with Gasteiger partial charge < -0.3 is 15.6 Å². The largest absolute Gasteiger partial charge is 0.361 e. The van der Waals surface area contributed by atoms with Crippen molar-refractivity contribution in [2.24, 2.45) is 0 Å². The molecule has 0 aliphatic carbocycles. The predicted molar refractivity (Wildman–Crippen MR) is 114 cm³/mol. The quantitative estimate of drug-likeness (QED) is 0.575. The smallest absolute Gasteiger partial charge is 0.324 e. The fourth-order valence-electron chi connectivity index (χ4n) is 4.53. The Balaban J connectivity index is 1.28. The molecule has 0 saturated carbocycles. The average Bonchev–Trinajstić information content (AvgIpc) is 3.44. The number of aromatic amines is 1. The van der Waals surface area contributed by atoms with Gasteiger partial charge in [-0.25, -0.2) is 4.79 Å². The molecule has 0 bridgehead atoms. The van der Waals surface area contributed by atoms with Gasteiger partial charge in [-0.15, -0.1) is 0 Å². The van der Waals surface area contributed by atoms with Crippen molar-refractivity contribution in [3.05, 3.63) is 36.0 Å². The van der Waals surface area contributed by atoms with E-state index < -0.39 is 12.1 Å². The van der Waals surface area contributed by atoms with Gasteiger partial charge in [-0.2, -0.15) is 0 Å². The molecule has 4 rings (SSSR count). The minimum absolute atomic E-state index is 0.0208. The summed E-state index contributed by atoms with van der Waals surface area (Å²) in [5.74, 6) is -0.527. The summed E-state index contributed by atoms with van der Waals surface area (Å²) < 4.78 is 0. The maximum atomic E-state index is 12.7. The number of likely N-dealkylation sites (N-methyl/N-ethyl adjacent to an activating group) is 1. The molecule has 2 atom stereocenters. The lowest BCUT2D eigenvalue weighted by Gasteiger charge is -2.23. The molecule has 2 fully saturated rings. The Morgan fingerprint density at radius 1 is 1.27 bits per heavy atom. The van der Waals surface area contributed by atoms with E-state index in [0.29, 0.717) is 19.0 Å². The number of likely N-dealkylation sites (tertiary alicyclic amines) is 1. The SMILES string of the molecule is CCN1CCC[C@H]1CNC(=O)C[C@H]1NC(=O)N(CCc2c[nH]c3ccccc23)C1=O. The molecule has 0 unspecified atom stereocenters.